The lowest BCUT2D eigenvalue weighted by Gasteiger charge is -2.23. The summed E-state index contributed by atoms with van der Waals surface area (Å²) in [6.45, 7) is 7.69. The van der Waals surface area contributed by atoms with E-state index in [1.807, 2.05) is 6.07 Å². The van der Waals surface area contributed by atoms with Gasteiger partial charge in [0.15, 0.2) is 0 Å². The lowest BCUT2D eigenvalue weighted by Crippen LogP contribution is -2.22. The average Bonchev–Trinajstić information content (AvgIpc) is 2.51. The van der Waals surface area contributed by atoms with Crippen LogP contribution in [-0.2, 0) is 13.1 Å². The highest BCUT2D eigenvalue weighted by atomic mass is 19.1. The Kier molecular flexibility index (Phi) is 5.76. The summed E-state index contributed by atoms with van der Waals surface area (Å²) in [5, 5.41) is 3.34. The van der Waals surface area contributed by atoms with Gasteiger partial charge in [0.2, 0.25) is 0 Å². The molecule has 1 N–H and O–H groups in total. The van der Waals surface area contributed by atoms with E-state index in [1.165, 1.54) is 17.2 Å². The first-order valence-electron chi connectivity index (χ1n) is 7.52. The van der Waals surface area contributed by atoms with Gasteiger partial charge in [-0.1, -0.05) is 37.3 Å². The molecule has 0 heterocycles. The number of benzene rings is 2. The van der Waals surface area contributed by atoms with Gasteiger partial charge in [0, 0.05) is 25.3 Å². The number of anilines is 1. The number of halogens is 1. The Bertz CT molecular complexity index is 569. The van der Waals surface area contributed by atoms with Crippen molar-refractivity contribution in [1.29, 1.82) is 0 Å². The highest BCUT2D eigenvalue weighted by Gasteiger charge is 2.06. The summed E-state index contributed by atoms with van der Waals surface area (Å²) in [6, 6.07) is 15.3. The van der Waals surface area contributed by atoms with Gasteiger partial charge < -0.3 is 10.2 Å². The third-order valence-electron chi connectivity index (χ3n) is 3.50. The normalized spacial score (nSPS) is 10.6. The van der Waals surface area contributed by atoms with Crippen LogP contribution in [0.25, 0.3) is 0 Å². The largest absolute Gasteiger partial charge is 0.367 e. The summed E-state index contributed by atoms with van der Waals surface area (Å²) >= 11 is 0. The van der Waals surface area contributed by atoms with Gasteiger partial charge in [-0.25, -0.2) is 4.39 Å². The molecule has 2 nitrogen and oxygen atoms in total. The highest BCUT2D eigenvalue weighted by molar-refractivity contribution is 5.47. The minimum Gasteiger partial charge on any atom is -0.367 e. The van der Waals surface area contributed by atoms with Crippen LogP contribution in [-0.4, -0.2) is 13.1 Å². The van der Waals surface area contributed by atoms with Crippen molar-refractivity contribution in [3.05, 3.63) is 65.5 Å². The summed E-state index contributed by atoms with van der Waals surface area (Å²) in [4.78, 5) is 2.18. The van der Waals surface area contributed by atoms with Gasteiger partial charge in [-0.2, -0.15) is 0 Å². The molecule has 0 aliphatic rings. The Labute approximate surface area is 126 Å². The van der Waals surface area contributed by atoms with Crippen LogP contribution in [0.1, 0.15) is 25.0 Å². The number of nitrogens with one attached hydrogen (secondary N) is 1. The van der Waals surface area contributed by atoms with Crippen LogP contribution in [0.4, 0.5) is 10.1 Å². The Morgan fingerprint density at radius 1 is 1.00 bits per heavy atom. The fourth-order valence-corrected chi connectivity index (χ4v) is 2.39. The second kappa shape index (κ2) is 7.79. The van der Waals surface area contributed by atoms with Gasteiger partial charge in [-0.05, 0) is 42.8 Å². The first-order valence-corrected chi connectivity index (χ1v) is 7.52. The molecule has 2 aromatic carbocycles. The van der Waals surface area contributed by atoms with E-state index >= 15 is 0 Å². The summed E-state index contributed by atoms with van der Waals surface area (Å²) in [5.41, 5.74) is 3.45. The molecule has 0 fully saturated rings. The van der Waals surface area contributed by atoms with E-state index in [4.69, 9.17) is 0 Å². The van der Waals surface area contributed by atoms with Crippen molar-refractivity contribution in [3.63, 3.8) is 0 Å². The van der Waals surface area contributed by atoms with Crippen LogP contribution in [0.15, 0.2) is 48.5 Å². The van der Waals surface area contributed by atoms with Gasteiger partial charge in [-0.3, -0.25) is 0 Å². The molecule has 3 heteroatoms. The van der Waals surface area contributed by atoms with Gasteiger partial charge in [0.1, 0.15) is 5.82 Å². The van der Waals surface area contributed by atoms with Crippen molar-refractivity contribution in [2.45, 2.75) is 26.9 Å². The quantitative estimate of drug-likeness (QED) is 0.828. The predicted octanol–water partition coefficient (Wildman–Crippen LogP) is 3.96. The molecule has 0 aromatic heterocycles. The molecule has 0 aliphatic carbocycles. The molecule has 0 saturated carbocycles. The smallest absolute Gasteiger partial charge is 0.125 e. The summed E-state index contributed by atoms with van der Waals surface area (Å²) < 4.78 is 13.4. The third kappa shape index (κ3) is 4.57. The predicted molar refractivity (Wildman–Crippen MR) is 86.9 cm³/mol. The van der Waals surface area contributed by atoms with Crippen LogP contribution >= 0.6 is 0 Å². The first-order chi connectivity index (χ1) is 10.2. The molecule has 0 unspecified atom stereocenters. The molecule has 0 amide bonds. The van der Waals surface area contributed by atoms with Crippen molar-refractivity contribution in [2.24, 2.45) is 0 Å². The summed E-state index contributed by atoms with van der Waals surface area (Å²) in [6.07, 6.45) is 0. The molecule has 0 aliphatic heterocycles. The SMILES string of the molecule is CCNCc1cccc(CN(CC)c2cccc(F)c2)c1. The molecule has 112 valence electrons. The van der Waals surface area contributed by atoms with Crippen molar-refractivity contribution >= 4 is 5.69 Å². The van der Waals surface area contributed by atoms with E-state index in [2.05, 4.69) is 48.3 Å². The molecule has 0 atom stereocenters. The fourth-order valence-electron chi connectivity index (χ4n) is 2.39. The fraction of sp³-hybridized carbons (Fsp3) is 0.333. The maximum Gasteiger partial charge on any atom is 0.125 e. The summed E-state index contributed by atoms with van der Waals surface area (Å²) in [7, 11) is 0. The Hall–Kier alpha value is -1.87. The minimum absolute atomic E-state index is 0.188. The lowest BCUT2D eigenvalue weighted by molar-refractivity contribution is 0.626. The van der Waals surface area contributed by atoms with Crippen LogP contribution in [0.5, 0.6) is 0 Å². The Morgan fingerprint density at radius 3 is 2.48 bits per heavy atom. The zero-order chi connectivity index (χ0) is 15.1. The van der Waals surface area contributed by atoms with Crippen molar-refractivity contribution in [3.8, 4) is 0 Å². The Morgan fingerprint density at radius 2 is 1.76 bits per heavy atom. The van der Waals surface area contributed by atoms with Gasteiger partial charge in [0.05, 0.1) is 0 Å². The zero-order valence-electron chi connectivity index (χ0n) is 12.8. The van der Waals surface area contributed by atoms with Gasteiger partial charge in [0.25, 0.3) is 0 Å². The monoisotopic (exact) mass is 286 g/mol. The van der Waals surface area contributed by atoms with Crippen molar-refractivity contribution in [2.75, 3.05) is 18.0 Å². The molecule has 0 bridgehead atoms. The molecule has 21 heavy (non-hydrogen) atoms. The second-order valence-corrected chi connectivity index (χ2v) is 5.09. The molecule has 2 aromatic rings. The lowest BCUT2D eigenvalue weighted by atomic mass is 10.1. The number of hydrogen-bond donors (Lipinski definition) is 1. The molecular formula is C18H23FN2. The second-order valence-electron chi connectivity index (χ2n) is 5.09. The first kappa shape index (κ1) is 15.5. The van der Waals surface area contributed by atoms with Gasteiger partial charge in [-0.15, -0.1) is 0 Å². The molecular weight excluding hydrogens is 263 g/mol. The number of nitrogens with zero attached hydrogens (tertiary/aromatic N) is 1. The molecule has 0 spiro atoms. The van der Waals surface area contributed by atoms with E-state index in [0.717, 1.165) is 31.9 Å². The molecule has 2 rings (SSSR count). The van der Waals surface area contributed by atoms with Crippen LogP contribution in [0, 0.1) is 5.82 Å². The molecule has 0 radical (unpaired) electrons. The topological polar surface area (TPSA) is 15.3 Å². The average molecular weight is 286 g/mol. The van der Waals surface area contributed by atoms with Gasteiger partial charge >= 0.3 is 0 Å². The van der Waals surface area contributed by atoms with E-state index < -0.39 is 0 Å². The van der Waals surface area contributed by atoms with Crippen molar-refractivity contribution < 1.29 is 4.39 Å². The highest BCUT2D eigenvalue weighted by Crippen LogP contribution is 2.18. The van der Waals surface area contributed by atoms with E-state index in [0.29, 0.717) is 0 Å². The third-order valence-corrected chi connectivity index (χ3v) is 3.50. The number of rotatable bonds is 7. The number of hydrogen-bond acceptors (Lipinski definition) is 2. The van der Waals surface area contributed by atoms with Crippen LogP contribution in [0.2, 0.25) is 0 Å². The zero-order valence-corrected chi connectivity index (χ0v) is 12.8. The van der Waals surface area contributed by atoms with E-state index in [9.17, 15) is 4.39 Å². The molecule has 0 saturated heterocycles. The maximum atomic E-state index is 13.4. The standard InChI is InChI=1S/C18H23FN2/c1-3-20-13-15-7-5-8-16(11-15)14-21(4-2)18-10-6-9-17(19)12-18/h5-12,20H,3-4,13-14H2,1-2H3. The van der Waals surface area contributed by atoms with E-state index in [-0.39, 0.29) is 5.82 Å². The minimum atomic E-state index is -0.188. The van der Waals surface area contributed by atoms with Crippen molar-refractivity contribution in [1.82, 2.24) is 5.32 Å². The summed E-state index contributed by atoms with van der Waals surface area (Å²) in [5.74, 6) is -0.188. The Balaban J connectivity index is 2.11. The van der Waals surface area contributed by atoms with Crippen LogP contribution < -0.4 is 10.2 Å². The maximum absolute atomic E-state index is 13.4. The van der Waals surface area contributed by atoms with E-state index in [1.54, 1.807) is 12.1 Å². The van der Waals surface area contributed by atoms with Crippen LogP contribution in [0.3, 0.4) is 0 Å².